The summed E-state index contributed by atoms with van der Waals surface area (Å²) in [5, 5.41) is 2.82. The quantitative estimate of drug-likeness (QED) is 0.487. The van der Waals surface area contributed by atoms with Gasteiger partial charge in [0.15, 0.2) is 0 Å². The third kappa shape index (κ3) is 10.2. The molecule has 0 fully saturated rings. The first-order valence-electron chi connectivity index (χ1n) is 5.78. The second-order valence-electron chi connectivity index (χ2n) is 4.11. The Morgan fingerprint density at radius 1 is 1.41 bits per heavy atom. The molecule has 0 saturated heterocycles. The Labute approximate surface area is 103 Å². The maximum Gasteiger partial charge on any atom is 0.234 e. The van der Waals surface area contributed by atoms with Crippen LogP contribution in [0.3, 0.4) is 0 Å². The van der Waals surface area contributed by atoms with Crippen molar-refractivity contribution in [3.8, 4) is 0 Å². The first-order valence-corrected chi connectivity index (χ1v) is 5.78. The largest absolute Gasteiger partial charge is 0.385 e. The summed E-state index contributed by atoms with van der Waals surface area (Å²) in [7, 11) is 5.12. The number of nitrogens with zero attached hydrogens (tertiary/aromatic N) is 1. The van der Waals surface area contributed by atoms with Crippen LogP contribution in [-0.4, -0.2) is 71.0 Å². The molecule has 6 heteroatoms. The van der Waals surface area contributed by atoms with E-state index in [4.69, 9.17) is 15.2 Å². The zero-order chi connectivity index (χ0) is 13.1. The van der Waals surface area contributed by atoms with E-state index < -0.39 is 0 Å². The summed E-state index contributed by atoms with van der Waals surface area (Å²) in [6.45, 7) is 2.79. The number of hydrogen-bond donors (Lipinski definition) is 2. The van der Waals surface area contributed by atoms with Crippen molar-refractivity contribution < 1.29 is 14.3 Å². The van der Waals surface area contributed by atoms with Gasteiger partial charge in [-0.05, 0) is 13.5 Å². The van der Waals surface area contributed by atoms with Crippen molar-refractivity contribution >= 4 is 5.91 Å². The van der Waals surface area contributed by atoms with Gasteiger partial charge >= 0.3 is 0 Å². The Bertz CT molecular complexity index is 202. The van der Waals surface area contributed by atoms with Crippen molar-refractivity contribution in [2.45, 2.75) is 12.5 Å². The molecule has 1 amide bonds. The average molecular weight is 247 g/mol. The number of methoxy groups -OCH3 is 2. The van der Waals surface area contributed by atoms with E-state index in [1.54, 1.807) is 14.2 Å². The SMILES string of the molecule is COCCCNC(=O)CN(C)CC(N)COC. The molecule has 1 atom stereocenters. The molecular formula is C11H25N3O3. The number of ether oxygens (including phenoxy) is 2. The van der Waals surface area contributed by atoms with Crippen molar-refractivity contribution in [2.75, 3.05) is 54.1 Å². The molecule has 0 saturated carbocycles. The topological polar surface area (TPSA) is 76.8 Å². The van der Waals surface area contributed by atoms with E-state index in [1.165, 1.54) is 0 Å². The lowest BCUT2D eigenvalue weighted by Gasteiger charge is -2.20. The lowest BCUT2D eigenvalue weighted by atomic mass is 10.3. The third-order valence-corrected chi connectivity index (χ3v) is 2.19. The first-order chi connectivity index (χ1) is 8.10. The number of carbonyl (C=O) groups is 1. The number of nitrogens with two attached hydrogens (primary N) is 1. The van der Waals surface area contributed by atoms with Crippen LogP contribution >= 0.6 is 0 Å². The number of rotatable bonds is 10. The minimum absolute atomic E-state index is 0.00761. The van der Waals surface area contributed by atoms with Gasteiger partial charge in [0.25, 0.3) is 0 Å². The molecule has 0 rings (SSSR count). The maximum absolute atomic E-state index is 11.5. The van der Waals surface area contributed by atoms with Gasteiger partial charge in [0, 0.05) is 40.0 Å². The lowest BCUT2D eigenvalue weighted by molar-refractivity contribution is -0.122. The van der Waals surface area contributed by atoms with Gasteiger partial charge in [0.1, 0.15) is 0 Å². The Morgan fingerprint density at radius 3 is 2.71 bits per heavy atom. The highest BCUT2D eigenvalue weighted by molar-refractivity contribution is 5.77. The van der Waals surface area contributed by atoms with E-state index in [2.05, 4.69) is 5.32 Å². The molecule has 0 heterocycles. The van der Waals surface area contributed by atoms with Gasteiger partial charge in [-0.3, -0.25) is 9.69 Å². The fraction of sp³-hybridized carbons (Fsp3) is 0.909. The van der Waals surface area contributed by atoms with Crippen molar-refractivity contribution in [3.63, 3.8) is 0 Å². The molecule has 0 aliphatic heterocycles. The Kier molecular flexibility index (Phi) is 10.0. The molecule has 0 aromatic heterocycles. The van der Waals surface area contributed by atoms with Crippen molar-refractivity contribution in [3.05, 3.63) is 0 Å². The van der Waals surface area contributed by atoms with Crippen LogP contribution in [0, 0.1) is 0 Å². The summed E-state index contributed by atoms with van der Waals surface area (Å²) in [5.74, 6) is 0.00761. The molecule has 0 spiro atoms. The summed E-state index contributed by atoms with van der Waals surface area (Å²) in [5.41, 5.74) is 5.79. The molecule has 0 radical (unpaired) electrons. The Morgan fingerprint density at radius 2 is 2.12 bits per heavy atom. The third-order valence-electron chi connectivity index (χ3n) is 2.19. The monoisotopic (exact) mass is 247 g/mol. The van der Waals surface area contributed by atoms with Crippen LogP contribution in [0.4, 0.5) is 0 Å². The fourth-order valence-electron chi connectivity index (χ4n) is 1.48. The van der Waals surface area contributed by atoms with E-state index in [9.17, 15) is 4.79 Å². The number of amides is 1. The van der Waals surface area contributed by atoms with Crippen LogP contribution < -0.4 is 11.1 Å². The van der Waals surface area contributed by atoms with Crippen molar-refractivity contribution in [1.29, 1.82) is 0 Å². The molecule has 0 aromatic rings. The van der Waals surface area contributed by atoms with Crippen molar-refractivity contribution in [1.82, 2.24) is 10.2 Å². The number of carbonyl (C=O) groups excluding carboxylic acids is 1. The summed E-state index contributed by atoms with van der Waals surface area (Å²) in [6, 6.07) is -0.0636. The first kappa shape index (κ1) is 16.3. The van der Waals surface area contributed by atoms with Crippen LogP contribution in [0.1, 0.15) is 6.42 Å². The molecule has 102 valence electrons. The molecule has 0 aliphatic carbocycles. The van der Waals surface area contributed by atoms with Crippen LogP contribution in [0.5, 0.6) is 0 Å². The summed E-state index contributed by atoms with van der Waals surface area (Å²) in [4.78, 5) is 13.4. The average Bonchev–Trinajstić information content (AvgIpc) is 2.24. The maximum atomic E-state index is 11.5. The van der Waals surface area contributed by atoms with Gasteiger partial charge in [0.2, 0.25) is 5.91 Å². The highest BCUT2D eigenvalue weighted by Crippen LogP contribution is 1.88. The van der Waals surface area contributed by atoms with Crippen LogP contribution in [0.15, 0.2) is 0 Å². The summed E-state index contributed by atoms with van der Waals surface area (Å²) >= 11 is 0. The molecule has 0 aliphatic rings. The minimum Gasteiger partial charge on any atom is -0.385 e. The van der Waals surface area contributed by atoms with Crippen LogP contribution in [-0.2, 0) is 14.3 Å². The van der Waals surface area contributed by atoms with E-state index >= 15 is 0 Å². The zero-order valence-corrected chi connectivity index (χ0v) is 11.1. The van der Waals surface area contributed by atoms with Gasteiger partial charge in [-0.25, -0.2) is 0 Å². The van der Waals surface area contributed by atoms with Gasteiger partial charge in [0.05, 0.1) is 13.2 Å². The zero-order valence-electron chi connectivity index (χ0n) is 11.1. The van der Waals surface area contributed by atoms with Gasteiger partial charge in [-0.15, -0.1) is 0 Å². The summed E-state index contributed by atoms with van der Waals surface area (Å²) in [6.07, 6.45) is 0.829. The smallest absolute Gasteiger partial charge is 0.234 e. The molecule has 17 heavy (non-hydrogen) atoms. The second kappa shape index (κ2) is 10.5. The summed E-state index contributed by atoms with van der Waals surface area (Å²) < 4.78 is 9.83. The minimum atomic E-state index is -0.0636. The van der Waals surface area contributed by atoms with E-state index in [1.807, 2.05) is 11.9 Å². The van der Waals surface area contributed by atoms with Gasteiger partial charge in [-0.2, -0.15) is 0 Å². The van der Waals surface area contributed by atoms with Gasteiger partial charge in [-0.1, -0.05) is 0 Å². The number of nitrogens with one attached hydrogen (secondary N) is 1. The van der Waals surface area contributed by atoms with Crippen LogP contribution in [0.25, 0.3) is 0 Å². The molecule has 0 bridgehead atoms. The fourth-order valence-corrected chi connectivity index (χ4v) is 1.48. The molecule has 6 nitrogen and oxygen atoms in total. The number of hydrogen-bond acceptors (Lipinski definition) is 5. The lowest BCUT2D eigenvalue weighted by Crippen LogP contribution is -2.43. The molecule has 3 N–H and O–H groups in total. The normalized spacial score (nSPS) is 12.8. The standard InChI is InChI=1S/C11H25N3O3/c1-14(7-10(12)9-17-3)8-11(15)13-5-4-6-16-2/h10H,4-9,12H2,1-3H3,(H,13,15). The highest BCUT2D eigenvalue weighted by Gasteiger charge is 2.09. The number of likely N-dealkylation sites (N-methyl/N-ethyl adjacent to an activating group) is 1. The molecular weight excluding hydrogens is 222 g/mol. The van der Waals surface area contributed by atoms with Crippen LogP contribution in [0.2, 0.25) is 0 Å². The predicted molar refractivity (Wildman–Crippen MR) is 66.9 cm³/mol. The Hall–Kier alpha value is -0.690. The Balaban J connectivity index is 3.58. The molecule has 0 aromatic carbocycles. The second-order valence-corrected chi connectivity index (χ2v) is 4.11. The highest BCUT2D eigenvalue weighted by atomic mass is 16.5. The van der Waals surface area contributed by atoms with Gasteiger partial charge < -0.3 is 20.5 Å². The predicted octanol–water partition coefficient (Wildman–Crippen LogP) is -0.955. The van der Waals surface area contributed by atoms with Crippen molar-refractivity contribution in [2.24, 2.45) is 5.73 Å². The van der Waals surface area contributed by atoms with E-state index in [0.29, 0.717) is 32.8 Å². The molecule has 1 unspecified atom stereocenters. The van der Waals surface area contributed by atoms with E-state index in [0.717, 1.165) is 6.42 Å². The van der Waals surface area contributed by atoms with E-state index in [-0.39, 0.29) is 11.9 Å².